The Hall–Kier alpha value is -3.15. The van der Waals surface area contributed by atoms with Crippen molar-refractivity contribution in [3.05, 3.63) is 77.9 Å². The fraction of sp³-hybridized carbons (Fsp3) is 0.423. The maximum atomic E-state index is 12.7. The molecule has 2 aromatic rings. The van der Waals surface area contributed by atoms with E-state index in [1.807, 2.05) is 30.5 Å². The van der Waals surface area contributed by atoms with Gasteiger partial charge in [-0.1, -0.05) is 43.5 Å². The number of nitrogens with zero attached hydrogens (tertiary/aromatic N) is 2. The van der Waals surface area contributed by atoms with Crippen molar-refractivity contribution in [3.63, 3.8) is 0 Å². The second kappa shape index (κ2) is 10.4. The van der Waals surface area contributed by atoms with E-state index in [-0.39, 0.29) is 17.9 Å². The first-order chi connectivity index (χ1) is 15.6. The summed E-state index contributed by atoms with van der Waals surface area (Å²) in [5.41, 5.74) is 7.60. The van der Waals surface area contributed by atoms with Crippen LogP contribution in [0.3, 0.4) is 0 Å². The number of ketones is 1. The summed E-state index contributed by atoms with van der Waals surface area (Å²) in [4.78, 5) is 30.3. The molecule has 0 saturated heterocycles. The summed E-state index contributed by atoms with van der Waals surface area (Å²) in [5, 5.41) is 0. The van der Waals surface area contributed by atoms with E-state index in [4.69, 9.17) is 10.5 Å². The van der Waals surface area contributed by atoms with E-state index < -0.39 is 0 Å². The van der Waals surface area contributed by atoms with E-state index in [0.717, 1.165) is 18.4 Å². The zero-order valence-corrected chi connectivity index (χ0v) is 18.4. The number of ether oxygens (including phenoxy) is 1. The Morgan fingerprint density at radius 2 is 1.88 bits per heavy atom. The molecule has 1 fully saturated rings. The SMILES string of the molecule is NC(=O)CCCC(C1CCCCC1)N1C=COC1c1ccc(C(=O)c2cccnc2)cc1. The number of benzene rings is 1. The van der Waals surface area contributed by atoms with Gasteiger partial charge in [0.25, 0.3) is 0 Å². The van der Waals surface area contributed by atoms with Crippen molar-refractivity contribution in [2.45, 2.75) is 63.6 Å². The van der Waals surface area contributed by atoms with Gasteiger partial charge in [0.15, 0.2) is 12.0 Å². The average molecular weight is 434 g/mol. The van der Waals surface area contributed by atoms with E-state index in [2.05, 4.69) is 9.88 Å². The Morgan fingerprint density at radius 3 is 2.56 bits per heavy atom. The zero-order chi connectivity index (χ0) is 22.3. The Balaban J connectivity index is 1.50. The number of carbonyl (C=O) groups excluding carboxylic acids is 2. The molecule has 2 aliphatic rings. The summed E-state index contributed by atoms with van der Waals surface area (Å²) in [6.45, 7) is 0. The van der Waals surface area contributed by atoms with E-state index in [1.54, 1.807) is 30.8 Å². The third-order valence-corrected chi connectivity index (χ3v) is 6.59. The van der Waals surface area contributed by atoms with Gasteiger partial charge in [0.05, 0.1) is 0 Å². The second-order valence-electron chi connectivity index (χ2n) is 8.74. The van der Waals surface area contributed by atoms with Crippen molar-refractivity contribution >= 4 is 11.7 Å². The van der Waals surface area contributed by atoms with Crippen LogP contribution in [0.4, 0.5) is 0 Å². The lowest BCUT2D eigenvalue weighted by atomic mass is 9.81. The number of carbonyl (C=O) groups is 2. The van der Waals surface area contributed by atoms with Crippen LogP contribution in [0.25, 0.3) is 0 Å². The largest absolute Gasteiger partial charge is 0.472 e. The number of aromatic nitrogens is 1. The summed E-state index contributed by atoms with van der Waals surface area (Å²) in [6.07, 6.45) is 15.1. The Bertz CT molecular complexity index is 937. The van der Waals surface area contributed by atoms with Crippen LogP contribution in [-0.2, 0) is 9.53 Å². The Labute approximate surface area is 189 Å². The highest BCUT2D eigenvalue weighted by Gasteiger charge is 2.34. The number of primary amides is 1. The van der Waals surface area contributed by atoms with E-state index in [0.29, 0.717) is 29.5 Å². The number of pyridine rings is 1. The van der Waals surface area contributed by atoms with Crippen molar-refractivity contribution in [2.24, 2.45) is 11.7 Å². The number of rotatable bonds is 9. The minimum Gasteiger partial charge on any atom is -0.472 e. The molecule has 1 aromatic carbocycles. The predicted molar refractivity (Wildman–Crippen MR) is 122 cm³/mol. The van der Waals surface area contributed by atoms with Crippen LogP contribution < -0.4 is 5.73 Å². The van der Waals surface area contributed by atoms with Gasteiger partial charge in [-0.05, 0) is 43.7 Å². The van der Waals surface area contributed by atoms with Crippen LogP contribution in [0, 0.1) is 5.92 Å². The summed E-state index contributed by atoms with van der Waals surface area (Å²) in [5.74, 6) is 0.293. The number of nitrogens with two attached hydrogens (primary N) is 1. The highest BCUT2D eigenvalue weighted by molar-refractivity contribution is 6.08. The first-order valence-corrected chi connectivity index (χ1v) is 11.6. The standard InChI is InChI=1S/C26H31N3O3/c27-24(30)10-4-9-23(19-6-2-1-3-7-19)29-16-17-32-26(29)21-13-11-20(12-14-21)25(31)22-8-5-15-28-18-22/h5,8,11-19,23,26H,1-4,6-7,9-10H2,(H2,27,30). The molecular formula is C26H31N3O3. The van der Waals surface area contributed by atoms with Crippen LogP contribution in [0.5, 0.6) is 0 Å². The number of hydrogen-bond acceptors (Lipinski definition) is 5. The van der Waals surface area contributed by atoms with Crippen molar-refractivity contribution in [3.8, 4) is 0 Å². The Kier molecular flexibility index (Phi) is 7.20. The normalized spacial score (nSPS) is 19.5. The molecule has 1 aromatic heterocycles. The Morgan fingerprint density at radius 1 is 1.09 bits per heavy atom. The number of hydrogen-bond donors (Lipinski definition) is 1. The average Bonchev–Trinajstić information content (AvgIpc) is 3.32. The smallest absolute Gasteiger partial charge is 0.217 e. The third-order valence-electron chi connectivity index (χ3n) is 6.59. The molecule has 6 nitrogen and oxygen atoms in total. The van der Waals surface area contributed by atoms with Gasteiger partial charge in [0.2, 0.25) is 5.91 Å². The molecule has 1 aliphatic carbocycles. The monoisotopic (exact) mass is 433 g/mol. The van der Waals surface area contributed by atoms with Crippen LogP contribution in [0.2, 0.25) is 0 Å². The highest BCUT2D eigenvalue weighted by Crippen LogP contribution is 2.38. The van der Waals surface area contributed by atoms with Crippen LogP contribution in [-0.4, -0.2) is 27.6 Å². The summed E-state index contributed by atoms with van der Waals surface area (Å²) in [7, 11) is 0. The molecule has 2 N–H and O–H groups in total. The van der Waals surface area contributed by atoms with Gasteiger partial charge in [0.1, 0.15) is 6.26 Å². The molecule has 1 amide bonds. The van der Waals surface area contributed by atoms with Crippen molar-refractivity contribution in [2.75, 3.05) is 0 Å². The molecule has 0 bridgehead atoms. The fourth-order valence-electron chi connectivity index (χ4n) is 4.96. The van der Waals surface area contributed by atoms with E-state index in [1.165, 1.54) is 32.1 Å². The van der Waals surface area contributed by atoms with E-state index in [9.17, 15) is 9.59 Å². The zero-order valence-electron chi connectivity index (χ0n) is 18.4. The lowest BCUT2D eigenvalue weighted by Crippen LogP contribution is -2.39. The molecule has 0 radical (unpaired) electrons. The lowest BCUT2D eigenvalue weighted by molar-refractivity contribution is -0.118. The fourth-order valence-corrected chi connectivity index (χ4v) is 4.96. The van der Waals surface area contributed by atoms with Gasteiger partial charge >= 0.3 is 0 Å². The minimum atomic E-state index is -0.244. The molecule has 168 valence electrons. The van der Waals surface area contributed by atoms with Crippen molar-refractivity contribution in [1.29, 1.82) is 0 Å². The molecule has 6 heteroatoms. The van der Waals surface area contributed by atoms with Gasteiger partial charge in [-0.25, -0.2) is 0 Å². The minimum absolute atomic E-state index is 0.0431. The van der Waals surface area contributed by atoms with Crippen molar-refractivity contribution < 1.29 is 14.3 Å². The number of amides is 1. The first kappa shape index (κ1) is 22.1. The van der Waals surface area contributed by atoms with Gasteiger partial charge in [-0.2, -0.15) is 0 Å². The second-order valence-corrected chi connectivity index (χ2v) is 8.74. The molecule has 2 unspecified atom stereocenters. The van der Waals surface area contributed by atoms with Crippen LogP contribution in [0.1, 0.15) is 79.1 Å². The quantitative estimate of drug-likeness (QED) is 0.579. The molecule has 1 saturated carbocycles. The topological polar surface area (TPSA) is 85.5 Å². The van der Waals surface area contributed by atoms with Gasteiger partial charge < -0.3 is 15.4 Å². The van der Waals surface area contributed by atoms with Gasteiger partial charge in [-0.15, -0.1) is 0 Å². The summed E-state index contributed by atoms with van der Waals surface area (Å²) >= 11 is 0. The molecule has 1 aliphatic heterocycles. The summed E-state index contributed by atoms with van der Waals surface area (Å²) in [6, 6.07) is 11.5. The third kappa shape index (κ3) is 5.18. The molecule has 2 atom stereocenters. The van der Waals surface area contributed by atoms with Crippen molar-refractivity contribution in [1.82, 2.24) is 9.88 Å². The van der Waals surface area contributed by atoms with Gasteiger partial charge in [0, 0.05) is 47.7 Å². The maximum absolute atomic E-state index is 12.7. The highest BCUT2D eigenvalue weighted by atomic mass is 16.5. The molecular weight excluding hydrogens is 402 g/mol. The molecule has 4 rings (SSSR count). The molecule has 32 heavy (non-hydrogen) atoms. The summed E-state index contributed by atoms with van der Waals surface area (Å²) < 4.78 is 5.99. The molecule has 2 heterocycles. The lowest BCUT2D eigenvalue weighted by Gasteiger charge is -2.39. The predicted octanol–water partition coefficient (Wildman–Crippen LogP) is 4.72. The first-order valence-electron chi connectivity index (χ1n) is 11.6. The van der Waals surface area contributed by atoms with Crippen LogP contribution >= 0.6 is 0 Å². The van der Waals surface area contributed by atoms with Crippen LogP contribution in [0.15, 0.2) is 61.3 Å². The van der Waals surface area contributed by atoms with E-state index >= 15 is 0 Å². The molecule has 0 spiro atoms. The maximum Gasteiger partial charge on any atom is 0.217 e. The van der Waals surface area contributed by atoms with Gasteiger partial charge in [-0.3, -0.25) is 14.6 Å².